The van der Waals surface area contributed by atoms with Crippen molar-refractivity contribution >= 4 is 36.4 Å². The summed E-state index contributed by atoms with van der Waals surface area (Å²) >= 11 is 0. The van der Waals surface area contributed by atoms with Gasteiger partial charge in [0.25, 0.3) is 0 Å². The Balaban J connectivity index is 0.00000144. The Morgan fingerprint density at radius 3 is 2.29 bits per heavy atom. The van der Waals surface area contributed by atoms with Crippen molar-refractivity contribution in [3.63, 3.8) is 0 Å². The molecule has 1 saturated heterocycles. The lowest BCUT2D eigenvalue weighted by molar-refractivity contribution is -0.130. The van der Waals surface area contributed by atoms with Crippen LogP contribution < -0.4 is 5.73 Å². The highest BCUT2D eigenvalue weighted by atomic mass is 35.5. The fourth-order valence-corrected chi connectivity index (χ4v) is 3.74. The summed E-state index contributed by atoms with van der Waals surface area (Å²) in [6, 6.07) is 8.41. The van der Waals surface area contributed by atoms with Gasteiger partial charge in [0.1, 0.15) is 0 Å². The van der Waals surface area contributed by atoms with Crippen LogP contribution in [0.1, 0.15) is 37.7 Å². The summed E-state index contributed by atoms with van der Waals surface area (Å²) in [4.78, 5) is 17.2. The van der Waals surface area contributed by atoms with E-state index in [0.717, 1.165) is 49.9 Å². The van der Waals surface area contributed by atoms with Gasteiger partial charge in [-0.1, -0.05) is 25.0 Å². The molecule has 1 heterocycles. The van der Waals surface area contributed by atoms with Crippen LogP contribution in [0.4, 0.5) is 5.69 Å². The van der Waals surface area contributed by atoms with E-state index < -0.39 is 0 Å². The van der Waals surface area contributed by atoms with Crippen molar-refractivity contribution in [2.75, 3.05) is 31.9 Å². The smallest absolute Gasteiger partial charge is 0.227 e. The van der Waals surface area contributed by atoms with E-state index in [0.29, 0.717) is 6.42 Å². The fraction of sp³-hybridized carbons (Fsp3) is 0.611. The maximum absolute atomic E-state index is 12.5. The zero-order chi connectivity index (χ0) is 15.4. The van der Waals surface area contributed by atoms with Crippen molar-refractivity contribution in [3.05, 3.63) is 29.8 Å². The first-order valence-corrected chi connectivity index (χ1v) is 8.58. The van der Waals surface area contributed by atoms with Gasteiger partial charge < -0.3 is 10.6 Å². The first kappa shape index (κ1) is 21.1. The Labute approximate surface area is 157 Å². The molecule has 6 heteroatoms. The van der Waals surface area contributed by atoms with Crippen LogP contribution in [0.25, 0.3) is 0 Å². The van der Waals surface area contributed by atoms with Crippen molar-refractivity contribution in [1.82, 2.24) is 9.80 Å². The van der Waals surface area contributed by atoms with E-state index >= 15 is 0 Å². The van der Waals surface area contributed by atoms with Gasteiger partial charge in [0.2, 0.25) is 5.91 Å². The van der Waals surface area contributed by atoms with E-state index in [1.54, 1.807) is 0 Å². The van der Waals surface area contributed by atoms with E-state index in [2.05, 4.69) is 4.90 Å². The predicted octanol–water partition coefficient (Wildman–Crippen LogP) is 3.13. The molecular weight excluding hydrogens is 345 g/mol. The minimum atomic E-state index is 0. The number of carbonyl (C=O) groups is 1. The first-order chi connectivity index (χ1) is 10.7. The second-order valence-corrected chi connectivity index (χ2v) is 6.63. The van der Waals surface area contributed by atoms with Gasteiger partial charge in [-0.3, -0.25) is 9.69 Å². The van der Waals surface area contributed by atoms with E-state index in [-0.39, 0.29) is 30.7 Å². The second-order valence-electron chi connectivity index (χ2n) is 6.63. The summed E-state index contributed by atoms with van der Waals surface area (Å²) < 4.78 is 0. The molecule has 1 saturated carbocycles. The third-order valence-corrected chi connectivity index (χ3v) is 5.06. The monoisotopic (exact) mass is 373 g/mol. The van der Waals surface area contributed by atoms with Crippen molar-refractivity contribution in [2.24, 2.45) is 0 Å². The Morgan fingerprint density at radius 2 is 1.62 bits per heavy atom. The number of carbonyl (C=O) groups excluding carboxylic acids is 1. The highest BCUT2D eigenvalue weighted by molar-refractivity contribution is 5.85. The minimum absolute atomic E-state index is 0. The summed E-state index contributed by atoms with van der Waals surface area (Å²) in [7, 11) is 0. The van der Waals surface area contributed by atoms with Crippen LogP contribution in [0.3, 0.4) is 0 Å². The average Bonchev–Trinajstić information content (AvgIpc) is 2.94. The van der Waals surface area contributed by atoms with Crippen molar-refractivity contribution in [3.8, 4) is 0 Å². The number of hydrogen-bond acceptors (Lipinski definition) is 3. The van der Waals surface area contributed by atoms with E-state index in [4.69, 9.17) is 5.73 Å². The van der Waals surface area contributed by atoms with Crippen molar-refractivity contribution in [1.29, 1.82) is 0 Å². The molecule has 2 aliphatic rings. The molecule has 2 N–H and O–H groups in total. The standard InChI is InChI=1S/C18H27N3O.2ClH/c19-16-8-6-15(7-9-16)14-18(22)21-11-3-10-20(12-13-21)17-4-1-2-5-17;;/h6-9,17H,1-5,10-14,19H2;2*1H. The van der Waals surface area contributed by atoms with Crippen LogP contribution in [0, 0.1) is 0 Å². The fourth-order valence-electron chi connectivity index (χ4n) is 3.74. The van der Waals surface area contributed by atoms with Gasteiger partial charge in [0.05, 0.1) is 6.42 Å². The molecule has 0 unspecified atom stereocenters. The minimum Gasteiger partial charge on any atom is -0.399 e. The van der Waals surface area contributed by atoms with Crippen molar-refractivity contribution in [2.45, 2.75) is 44.6 Å². The quantitative estimate of drug-likeness (QED) is 0.827. The Morgan fingerprint density at radius 1 is 0.958 bits per heavy atom. The first-order valence-electron chi connectivity index (χ1n) is 8.58. The zero-order valence-corrected chi connectivity index (χ0v) is 15.8. The number of hydrogen-bond donors (Lipinski definition) is 1. The van der Waals surface area contributed by atoms with Gasteiger partial charge in [-0.15, -0.1) is 24.8 Å². The number of nitrogens with zero attached hydrogens (tertiary/aromatic N) is 2. The molecular formula is C18H29Cl2N3O. The molecule has 0 bridgehead atoms. The maximum Gasteiger partial charge on any atom is 0.227 e. The summed E-state index contributed by atoms with van der Waals surface area (Å²) in [6.07, 6.45) is 7.04. The molecule has 2 fully saturated rings. The lowest BCUT2D eigenvalue weighted by atomic mass is 10.1. The molecule has 1 aromatic carbocycles. The Hall–Kier alpha value is -0.970. The molecule has 0 spiro atoms. The van der Waals surface area contributed by atoms with E-state index in [1.165, 1.54) is 25.7 Å². The SMILES string of the molecule is Cl.Cl.Nc1ccc(CC(=O)N2CCCN(C3CCCC3)CC2)cc1. The largest absolute Gasteiger partial charge is 0.399 e. The van der Waals surface area contributed by atoms with Crippen LogP contribution in [0.15, 0.2) is 24.3 Å². The average molecular weight is 374 g/mol. The molecule has 1 amide bonds. The molecule has 4 nitrogen and oxygen atoms in total. The second kappa shape index (κ2) is 10.1. The molecule has 0 atom stereocenters. The van der Waals surface area contributed by atoms with Crippen LogP contribution >= 0.6 is 24.8 Å². The predicted molar refractivity (Wildman–Crippen MR) is 104 cm³/mol. The molecule has 0 radical (unpaired) electrons. The van der Waals surface area contributed by atoms with Gasteiger partial charge in [0, 0.05) is 37.9 Å². The molecule has 0 aromatic heterocycles. The summed E-state index contributed by atoms with van der Waals surface area (Å²) in [5.41, 5.74) is 7.50. The van der Waals surface area contributed by atoms with Gasteiger partial charge in [-0.25, -0.2) is 0 Å². The van der Waals surface area contributed by atoms with E-state index in [9.17, 15) is 4.79 Å². The van der Waals surface area contributed by atoms with Crippen LogP contribution in [-0.2, 0) is 11.2 Å². The van der Waals surface area contributed by atoms with Gasteiger partial charge in [0.15, 0.2) is 0 Å². The lowest BCUT2D eigenvalue weighted by Gasteiger charge is -2.27. The highest BCUT2D eigenvalue weighted by Gasteiger charge is 2.26. The molecule has 1 aliphatic heterocycles. The number of anilines is 1. The van der Waals surface area contributed by atoms with Crippen LogP contribution in [0.2, 0.25) is 0 Å². The van der Waals surface area contributed by atoms with Gasteiger partial charge in [-0.05, 0) is 37.0 Å². The molecule has 3 rings (SSSR count). The lowest BCUT2D eigenvalue weighted by Crippen LogP contribution is -2.38. The summed E-state index contributed by atoms with van der Waals surface area (Å²) in [5, 5.41) is 0. The number of rotatable bonds is 3. The number of nitrogen functional groups attached to an aromatic ring is 1. The third kappa shape index (κ3) is 5.54. The summed E-state index contributed by atoms with van der Waals surface area (Å²) in [5.74, 6) is 0.248. The van der Waals surface area contributed by atoms with Crippen molar-refractivity contribution < 1.29 is 4.79 Å². The topological polar surface area (TPSA) is 49.6 Å². The number of benzene rings is 1. The highest BCUT2D eigenvalue weighted by Crippen LogP contribution is 2.24. The molecule has 1 aliphatic carbocycles. The maximum atomic E-state index is 12.5. The van der Waals surface area contributed by atoms with Crippen LogP contribution in [-0.4, -0.2) is 47.9 Å². The summed E-state index contributed by atoms with van der Waals surface area (Å²) in [6.45, 7) is 3.97. The Bertz CT molecular complexity index is 503. The number of halogens is 2. The third-order valence-electron chi connectivity index (χ3n) is 5.06. The van der Waals surface area contributed by atoms with E-state index in [1.807, 2.05) is 29.2 Å². The molecule has 136 valence electrons. The van der Waals surface area contributed by atoms with Crippen LogP contribution in [0.5, 0.6) is 0 Å². The zero-order valence-electron chi connectivity index (χ0n) is 14.2. The number of amides is 1. The Kier molecular flexibility index (Phi) is 8.88. The normalized spacial score (nSPS) is 19.2. The molecule has 1 aromatic rings. The molecule has 24 heavy (non-hydrogen) atoms. The van der Waals surface area contributed by atoms with Gasteiger partial charge >= 0.3 is 0 Å². The van der Waals surface area contributed by atoms with Gasteiger partial charge in [-0.2, -0.15) is 0 Å². The number of nitrogens with two attached hydrogens (primary N) is 1.